The van der Waals surface area contributed by atoms with Crippen molar-refractivity contribution in [1.29, 1.82) is 0 Å². The van der Waals surface area contributed by atoms with Gasteiger partial charge in [-0.25, -0.2) is 13.4 Å². The zero-order chi connectivity index (χ0) is 15.6. The number of carboxylic acids is 1. The summed E-state index contributed by atoms with van der Waals surface area (Å²) in [5, 5.41) is 10.3. The molecule has 2 rings (SSSR count). The third kappa shape index (κ3) is 3.79. The summed E-state index contributed by atoms with van der Waals surface area (Å²) in [4.78, 5) is 14.7. The third-order valence-electron chi connectivity index (χ3n) is 2.89. The maximum absolute atomic E-state index is 12.2. The van der Waals surface area contributed by atoms with Gasteiger partial charge in [0.15, 0.2) is 5.13 Å². The number of hydrogen-bond acceptors (Lipinski definition) is 5. The first-order chi connectivity index (χ1) is 9.78. The summed E-state index contributed by atoms with van der Waals surface area (Å²) in [6, 6.07) is 4.85. The lowest BCUT2D eigenvalue weighted by atomic mass is 10.1. The quantitative estimate of drug-likeness (QED) is 0.878. The fourth-order valence-electron chi connectivity index (χ4n) is 1.64. The summed E-state index contributed by atoms with van der Waals surface area (Å²) >= 11 is 1.06. The molecule has 0 saturated heterocycles. The summed E-state index contributed by atoms with van der Waals surface area (Å²) in [6.07, 6.45) is -0.234. The van der Waals surface area contributed by atoms with Crippen LogP contribution in [-0.4, -0.2) is 24.5 Å². The van der Waals surface area contributed by atoms with E-state index >= 15 is 0 Å². The molecule has 0 spiro atoms. The van der Waals surface area contributed by atoms with Crippen molar-refractivity contribution in [2.24, 2.45) is 0 Å². The Morgan fingerprint density at radius 3 is 2.67 bits per heavy atom. The van der Waals surface area contributed by atoms with Crippen LogP contribution in [0.15, 0.2) is 28.5 Å². The summed E-state index contributed by atoms with van der Waals surface area (Å²) in [6.45, 7) is 3.74. The minimum atomic E-state index is -3.72. The normalized spacial score (nSPS) is 11.3. The van der Waals surface area contributed by atoms with E-state index in [1.807, 2.05) is 13.8 Å². The van der Waals surface area contributed by atoms with Crippen molar-refractivity contribution in [1.82, 2.24) is 4.98 Å². The van der Waals surface area contributed by atoms with Gasteiger partial charge in [-0.2, -0.15) is 0 Å². The number of aromatic nitrogens is 1. The molecular weight excluding hydrogens is 312 g/mol. The number of aryl methyl sites for hydroxylation is 2. The fraction of sp³-hybridized carbons (Fsp3) is 0.231. The minimum Gasteiger partial charge on any atom is -0.481 e. The van der Waals surface area contributed by atoms with Crippen molar-refractivity contribution in [3.8, 4) is 0 Å². The van der Waals surface area contributed by atoms with Gasteiger partial charge in [-0.05, 0) is 37.1 Å². The molecule has 0 amide bonds. The Labute approximate surface area is 126 Å². The number of rotatable bonds is 5. The first-order valence-corrected chi connectivity index (χ1v) is 8.40. The minimum absolute atomic E-state index is 0.153. The number of carboxylic acid groups (broad SMARTS) is 1. The molecule has 1 aromatic carbocycles. The molecule has 1 heterocycles. The van der Waals surface area contributed by atoms with Gasteiger partial charge in [0.1, 0.15) is 0 Å². The predicted molar refractivity (Wildman–Crippen MR) is 80.2 cm³/mol. The van der Waals surface area contributed by atoms with Crippen molar-refractivity contribution in [3.05, 3.63) is 40.4 Å². The number of nitrogens with one attached hydrogen (secondary N) is 1. The van der Waals surface area contributed by atoms with Crippen LogP contribution in [0, 0.1) is 13.8 Å². The van der Waals surface area contributed by atoms with Crippen molar-refractivity contribution in [2.75, 3.05) is 4.72 Å². The third-order valence-corrected chi connectivity index (χ3v) is 5.17. The van der Waals surface area contributed by atoms with Crippen LogP contribution in [0.3, 0.4) is 0 Å². The second-order valence-electron chi connectivity index (χ2n) is 4.57. The summed E-state index contributed by atoms with van der Waals surface area (Å²) in [5.74, 6) is -1.01. The van der Waals surface area contributed by atoms with E-state index in [1.54, 1.807) is 12.1 Å². The maximum atomic E-state index is 12.2. The molecule has 0 unspecified atom stereocenters. The molecule has 0 aliphatic carbocycles. The smallest absolute Gasteiger partial charge is 0.309 e. The molecule has 21 heavy (non-hydrogen) atoms. The Kier molecular flexibility index (Phi) is 4.29. The Hall–Kier alpha value is -1.93. The van der Waals surface area contributed by atoms with Gasteiger partial charge in [-0.1, -0.05) is 6.07 Å². The average molecular weight is 326 g/mol. The van der Waals surface area contributed by atoms with Crippen LogP contribution in [0.5, 0.6) is 0 Å². The molecule has 2 aromatic rings. The van der Waals surface area contributed by atoms with E-state index in [0.717, 1.165) is 22.5 Å². The number of benzene rings is 1. The zero-order valence-electron chi connectivity index (χ0n) is 11.5. The Morgan fingerprint density at radius 1 is 1.33 bits per heavy atom. The highest BCUT2D eigenvalue weighted by Crippen LogP contribution is 2.21. The van der Waals surface area contributed by atoms with Gasteiger partial charge in [0.25, 0.3) is 10.0 Å². The summed E-state index contributed by atoms with van der Waals surface area (Å²) < 4.78 is 26.8. The molecule has 0 radical (unpaired) electrons. The monoisotopic (exact) mass is 326 g/mol. The average Bonchev–Trinajstić information content (AvgIpc) is 2.78. The van der Waals surface area contributed by atoms with Crippen LogP contribution in [0.25, 0.3) is 0 Å². The topological polar surface area (TPSA) is 96.4 Å². The van der Waals surface area contributed by atoms with Crippen molar-refractivity contribution in [2.45, 2.75) is 25.2 Å². The molecule has 112 valence electrons. The lowest BCUT2D eigenvalue weighted by Crippen LogP contribution is -2.13. The summed E-state index contributed by atoms with van der Waals surface area (Å²) in [5.41, 5.74) is 2.21. The first kappa shape index (κ1) is 15.5. The lowest BCUT2D eigenvalue weighted by molar-refractivity contribution is -0.136. The maximum Gasteiger partial charge on any atom is 0.309 e. The molecule has 1 aromatic heterocycles. The molecule has 2 N–H and O–H groups in total. The fourth-order valence-corrected chi connectivity index (χ4v) is 3.69. The number of sulfonamides is 1. The second-order valence-corrected chi connectivity index (χ2v) is 7.11. The number of anilines is 1. The Bertz CT molecular complexity index is 781. The van der Waals surface area contributed by atoms with Gasteiger partial charge in [0.2, 0.25) is 0 Å². The van der Waals surface area contributed by atoms with Crippen LogP contribution >= 0.6 is 11.3 Å². The number of carbonyl (C=O) groups is 1. The standard InChI is InChI=1S/C13H14N2O4S2/c1-8-3-4-11(5-9(8)2)21(18,19)15-13-14-10(7-20-13)6-12(16)17/h3-5,7H,6H2,1-2H3,(H,14,15)(H,16,17). The van der Waals surface area contributed by atoms with E-state index in [1.165, 1.54) is 11.4 Å². The van der Waals surface area contributed by atoms with Crippen LogP contribution in [0.1, 0.15) is 16.8 Å². The molecule has 0 aliphatic rings. The predicted octanol–water partition coefficient (Wildman–Crippen LogP) is 2.19. The molecule has 0 atom stereocenters. The van der Waals surface area contributed by atoms with Gasteiger partial charge >= 0.3 is 5.97 Å². The number of hydrogen-bond donors (Lipinski definition) is 2. The molecule has 0 aliphatic heterocycles. The van der Waals surface area contributed by atoms with E-state index in [0.29, 0.717) is 5.69 Å². The van der Waals surface area contributed by atoms with Gasteiger partial charge in [0, 0.05) is 5.38 Å². The van der Waals surface area contributed by atoms with Crippen LogP contribution in [0.2, 0.25) is 0 Å². The van der Waals surface area contributed by atoms with Crippen LogP contribution in [-0.2, 0) is 21.2 Å². The van der Waals surface area contributed by atoms with Crippen LogP contribution in [0.4, 0.5) is 5.13 Å². The summed E-state index contributed by atoms with van der Waals surface area (Å²) in [7, 11) is -3.72. The number of nitrogens with zero attached hydrogens (tertiary/aromatic N) is 1. The van der Waals surface area contributed by atoms with Crippen molar-refractivity contribution >= 4 is 32.5 Å². The first-order valence-electron chi connectivity index (χ1n) is 6.04. The van der Waals surface area contributed by atoms with Crippen LogP contribution < -0.4 is 4.72 Å². The number of thiazole rings is 1. The lowest BCUT2D eigenvalue weighted by Gasteiger charge is -2.07. The second kappa shape index (κ2) is 5.82. The van der Waals surface area contributed by atoms with Gasteiger partial charge < -0.3 is 5.11 Å². The van der Waals surface area contributed by atoms with Gasteiger partial charge in [0.05, 0.1) is 17.0 Å². The molecule has 0 saturated carbocycles. The molecule has 0 bridgehead atoms. The highest BCUT2D eigenvalue weighted by molar-refractivity contribution is 7.93. The zero-order valence-corrected chi connectivity index (χ0v) is 13.1. The van der Waals surface area contributed by atoms with E-state index < -0.39 is 16.0 Å². The SMILES string of the molecule is Cc1ccc(S(=O)(=O)Nc2nc(CC(=O)O)cs2)cc1C. The molecular formula is C13H14N2O4S2. The number of aliphatic carboxylic acids is 1. The van der Waals surface area contributed by atoms with E-state index in [9.17, 15) is 13.2 Å². The van der Waals surface area contributed by atoms with E-state index in [2.05, 4.69) is 9.71 Å². The Morgan fingerprint density at radius 2 is 2.05 bits per heavy atom. The van der Waals surface area contributed by atoms with Gasteiger partial charge in [-0.3, -0.25) is 9.52 Å². The molecule has 0 fully saturated rings. The largest absolute Gasteiger partial charge is 0.481 e. The van der Waals surface area contributed by atoms with E-state index in [4.69, 9.17) is 5.11 Å². The molecule has 8 heteroatoms. The highest BCUT2D eigenvalue weighted by atomic mass is 32.2. The van der Waals surface area contributed by atoms with Gasteiger partial charge in [-0.15, -0.1) is 11.3 Å². The molecule has 6 nitrogen and oxygen atoms in total. The van der Waals surface area contributed by atoms with Crippen molar-refractivity contribution < 1.29 is 18.3 Å². The Balaban J connectivity index is 2.22. The van der Waals surface area contributed by atoms with Crippen molar-refractivity contribution in [3.63, 3.8) is 0 Å². The van der Waals surface area contributed by atoms with E-state index in [-0.39, 0.29) is 16.4 Å². The highest BCUT2D eigenvalue weighted by Gasteiger charge is 2.17.